The van der Waals surface area contributed by atoms with Crippen LogP contribution in [0.5, 0.6) is 0 Å². The summed E-state index contributed by atoms with van der Waals surface area (Å²) in [4.78, 5) is 6.36. The topological polar surface area (TPSA) is 45.1 Å². The van der Waals surface area contributed by atoms with Crippen molar-refractivity contribution in [2.24, 2.45) is 18.4 Å². The Morgan fingerprint density at radius 1 is 1.08 bits per heavy atom. The summed E-state index contributed by atoms with van der Waals surface area (Å²) in [7, 11) is 1.82. The van der Waals surface area contributed by atoms with Crippen LogP contribution in [0.4, 0.5) is 30.5 Å². The van der Waals surface area contributed by atoms with Gasteiger partial charge < -0.3 is 20.1 Å². The first-order valence-corrected chi connectivity index (χ1v) is 13.3. The number of nitrogens with one attached hydrogen (secondary N) is 2. The molecular formula is C26H31Cl3F3N5. The molecule has 5 nitrogen and oxygen atoms in total. The number of imidazole rings is 1. The van der Waals surface area contributed by atoms with Crippen LogP contribution in [0.1, 0.15) is 39.2 Å². The van der Waals surface area contributed by atoms with Crippen molar-refractivity contribution >= 4 is 63.2 Å². The van der Waals surface area contributed by atoms with E-state index < -0.39 is 12.1 Å². The van der Waals surface area contributed by atoms with Gasteiger partial charge in [0.15, 0.2) is 0 Å². The van der Waals surface area contributed by atoms with Crippen LogP contribution in [0, 0.1) is 11.3 Å². The Hall–Kier alpha value is -1.87. The van der Waals surface area contributed by atoms with Crippen LogP contribution in [0.25, 0.3) is 11.0 Å². The monoisotopic (exact) mass is 575 g/mol. The van der Waals surface area contributed by atoms with Gasteiger partial charge in [-0.25, -0.2) is 4.98 Å². The molecule has 202 valence electrons. The largest absolute Gasteiger partial charge is 0.393 e. The number of benzene rings is 2. The molecule has 1 aromatic heterocycles. The molecule has 2 aromatic carbocycles. The van der Waals surface area contributed by atoms with Gasteiger partial charge in [0.1, 0.15) is 0 Å². The molecule has 0 radical (unpaired) electrons. The summed E-state index contributed by atoms with van der Waals surface area (Å²) in [5.74, 6) is -0.884. The van der Waals surface area contributed by atoms with Crippen molar-refractivity contribution in [3.63, 3.8) is 0 Å². The molecule has 4 rings (SSSR count). The minimum absolute atomic E-state index is 0.112. The molecule has 1 aliphatic rings. The summed E-state index contributed by atoms with van der Waals surface area (Å²) in [5, 5.41) is 7.96. The summed E-state index contributed by atoms with van der Waals surface area (Å²) in [5.41, 5.74) is 3.47. The lowest BCUT2D eigenvalue weighted by Gasteiger charge is -2.35. The highest BCUT2D eigenvalue weighted by molar-refractivity contribution is 6.39. The normalized spacial score (nSPS) is 17.0. The Labute approximate surface area is 230 Å². The van der Waals surface area contributed by atoms with Crippen LogP contribution < -0.4 is 15.5 Å². The lowest BCUT2D eigenvalue weighted by atomic mass is 9.97. The van der Waals surface area contributed by atoms with E-state index >= 15 is 0 Å². The maximum atomic E-state index is 13.4. The molecule has 0 amide bonds. The number of aryl methyl sites for hydroxylation is 1. The number of hydrogen-bond donors (Lipinski definition) is 2. The molecule has 2 N–H and O–H groups in total. The highest BCUT2D eigenvalue weighted by Gasteiger charge is 2.42. The van der Waals surface area contributed by atoms with E-state index in [1.54, 1.807) is 23.1 Å². The maximum Gasteiger partial charge on any atom is 0.393 e. The molecule has 1 atom stereocenters. The van der Waals surface area contributed by atoms with Crippen molar-refractivity contribution < 1.29 is 13.2 Å². The van der Waals surface area contributed by atoms with E-state index in [0.29, 0.717) is 57.4 Å². The van der Waals surface area contributed by atoms with Gasteiger partial charge in [-0.15, -0.1) is 0 Å². The van der Waals surface area contributed by atoms with Crippen molar-refractivity contribution in [3.05, 3.63) is 44.9 Å². The van der Waals surface area contributed by atoms with E-state index in [1.165, 1.54) is 0 Å². The molecule has 0 spiro atoms. The van der Waals surface area contributed by atoms with Gasteiger partial charge in [0, 0.05) is 33.2 Å². The van der Waals surface area contributed by atoms with Gasteiger partial charge in [0.05, 0.1) is 43.4 Å². The van der Waals surface area contributed by atoms with E-state index in [9.17, 15) is 13.2 Å². The molecule has 1 fully saturated rings. The van der Waals surface area contributed by atoms with E-state index in [-0.39, 0.29) is 18.4 Å². The Bertz CT molecular complexity index is 1280. The summed E-state index contributed by atoms with van der Waals surface area (Å²) < 4.78 is 41.9. The number of fused-ring (bicyclic) bond motifs is 1. The van der Waals surface area contributed by atoms with Crippen LogP contribution in [0.2, 0.25) is 15.1 Å². The highest BCUT2D eigenvalue weighted by Crippen LogP contribution is 2.40. The number of anilines is 3. The van der Waals surface area contributed by atoms with Crippen LogP contribution in [-0.2, 0) is 13.6 Å². The van der Waals surface area contributed by atoms with Gasteiger partial charge in [0.2, 0.25) is 5.95 Å². The zero-order valence-electron chi connectivity index (χ0n) is 21.2. The summed E-state index contributed by atoms with van der Waals surface area (Å²) in [6.45, 7) is 8.27. The van der Waals surface area contributed by atoms with Crippen molar-refractivity contribution in [3.8, 4) is 0 Å². The van der Waals surface area contributed by atoms with E-state index in [0.717, 1.165) is 17.6 Å². The molecule has 0 saturated carbocycles. The van der Waals surface area contributed by atoms with Gasteiger partial charge in [-0.05, 0) is 42.0 Å². The third-order valence-corrected chi connectivity index (χ3v) is 7.60. The first-order chi connectivity index (χ1) is 17.2. The smallest absolute Gasteiger partial charge is 0.370 e. The van der Waals surface area contributed by atoms with Crippen molar-refractivity contribution in [1.29, 1.82) is 0 Å². The molecule has 1 unspecified atom stereocenters. The van der Waals surface area contributed by atoms with Crippen molar-refractivity contribution in [1.82, 2.24) is 14.9 Å². The average Bonchev–Trinajstić information content (AvgIpc) is 3.10. The lowest BCUT2D eigenvalue weighted by molar-refractivity contribution is -0.175. The number of hydrogen-bond acceptors (Lipinski definition) is 4. The second kappa shape index (κ2) is 10.7. The van der Waals surface area contributed by atoms with E-state index in [1.807, 2.05) is 17.7 Å². The standard InChI is InChI=1S/C26H31Cl3F3N5/c1-25(2,3)14-33-12-15-7-8-17(27)23(22(15)29)35-24-34-19-10-18(28)20(11-21(19)36(24)4)37-9-5-6-16(13-37)26(30,31)32/h7-8,10-11,16,33H,5-6,9,12-14H2,1-4H3,(H,34,35). The Kier molecular flexibility index (Phi) is 8.15. The van der Waals surface area contributed by atoms with E-state index in [4.69, 9.17) is 34.8 Å². The third kappa shape index (κ3) is 6.41. The number of rotatable bonds is 6. The Morgan fingerprint density at radius 3 is 2.49 bits per heavy atom. The van der Waals surface area contributed by atoms with Crippen LogP contribution >= 0.6 is 34.8 Å². The van der Waals surface area contributed by atoms with Crippen LogP contribution in [0.3, 0.4) is 0 Å². The highest BCUT2D eigenvalue weighted by atomic mass is 35.5. The fourth-order valence-corrected chi connectivity index (χ4v) is 5.36. The van der Waals surface area contributed by atoms with Gasteiger partial charge in [-0.1, -0.05) is 61.6 Å². The summed E-state index contributed by atoms with van der Waals surface area (Å²) in [6, 6.07) is 7.16. The van der Waals surface area contributed by atoms with Gasteiger partial charge >= 0.3 is 6.18 Å². The molecule has 11 heteroatoms. The minimum atomic E-state index is -4.23. The number of aromatic nitrogens is 2. The molecular weight excluding hydrogens is 546 g/mol. The molecule has 1 saturated heterocycles. The van der Waals surface area contributed by atoms with Crippen molar-refractivity contribution in [2.75, 3.05) is 29.9 Å². The number of piperidine rings is 1. The van der Waals surface area contributed by atoms with Gasteiger partial charge in [-0.3, -0.25) is 0 Å². The Morgan fingerprint density at radius 2 is 1.81 bits per heavy atom. The molecule has 2 heterocycles. The summed E-state index contributed by atoms with van der Waals surface area (Å²) >= 11 is 19.7. The molecule has 37 heavy (non-hydrogen) atoms. The minimum Gasteiger partial charge on any atom is -0.370 e. The SMILES string of the molecule is Cn1c(Nc2c(Cl)ccc(CNCC(C)(C)C)c2Cl)nc2cc(Cl)c(N3CCCC(C(F)(F)F)C3)cc21. The summed E-state index contributed by atoms with van der Waals surface area (Å²) in [6.07, 6.45) is -3.64. The first kappa shape index (κ1) is 28.1. The second-order valence-corrected chi connectivity index (χ2v) is 12.0. The Balaban J connectivity index is 1.61. The quantitative estimate of drug-likeness (QED) is 0.311. The van der Waals surface area contributed by atoms with Gasteiger partial charge in [0.25, 0.3) is 0 Å². The number of nitrogens with zero attached hydrogens (tertiary/aromatic N) is 3. The molecule has 0 aliphatic carbocycles. The second-order valence-electron chi connectivity index (χ2n) is 10.8. The zero-order chi connectivity index (χ0) is 27.1. The molecule has 1 aliphatic heterocycles. The fraction of sp³-hybridized carbons (Fsp3) is 0.500. The fourth-order valence-electron chi connectivity index (χ4n) is 4.55. The first-order valence-electron chi connectivity index (χ1n) is 12.2. The molecule has 0 bridgehead atoms. The van der Waals surface area contributed by atoms with Crippen LogP contribution in [-0.4, -0.2) is 35.4 Å². The average molecular weight is 577 g/mol. The number of alkyl halides is 3. The number of halogens is 6. The predicted octanol–water partition coefficient (Wildman–Crippen LogP) is 8.19. The van der Waals surface area contributed by atoms with E-state index in [2.05, 4.69) is 36.4 Å². The van der Waals surface area contributed by atoms with Gasteiger partial charge in [-0.2, -0.15) is 13.2 Å². The van der Waals surface area contributed by atoms with Crippen LogP contribution in [0.15, 0.2) is 24.3 Å². The third-order valence-electron chi connectivity index (χ3n) is 6.55. The predicted molar refractivity (Wildman–Crippen MR) is 148 cm³/mol. The maximum absolute atomic E-state index is 13.4. The lowest BCUT2D eigenvalue weighted by Crippen LogP contribution is -2.41. The van der Waals surface area contributed by atoms with Crippen molar-refractivity contribution in [2.45, 2.75) is 46.3 Å². The zero-order valence-corrected chi connectivity index (χ0v) is 23.5. The molecule has 3 aromatic rings.